The number of hydrogen-bond acceptors (Lipinski definition) is 5. The molecule has 0 saturated heterocycles. The Morgan fingerprint density at radius 3 is 2.47 bits per heavy atom. The van der Waals surface area contributed by atoms with E-state index in [0.717, 1.165) is 6.07 Å². The van der Waals surface area contributed by atoms with E-state index in [9.17, 15) is 10.1 Å². The molecular formula is C9H8N2O4. The molecule has 15 heavy (non-hydrogen) atoms. The van der Waals surface area contributed by atoms with Crippen molar-refractivity contribution in [3.63, 3.8) is 0 Å². The Hall–Kier alpha value is -2.29. The Morgan fingerprint density at radius 2 is 2.07 bits per heavy atom. The van der Waals surface area contributed by atoms with Crippen LogP contribution in [0.5, 0.6) is 11.5 Å². The normalized spacial score (nSPS) is 9.13. The van der Waals surface area contributed by atoms with Gasteiger partial charge in [0.25, 0.3) is 5.69 Å². The molecule has 0 N–H and O–H groups in total. The molecule has 0 saturated carbocycles. The molecule has 0 atom stereocenters. The van der Waals surface area contributed by atoms with Crippen LogP contribution in [0.1, 0.15) is 5.56 Å². The molecule has 0 amide bonds. The number of rotatable bonds is 3. The van der Waals surface area contributed by atoms with Gasteiger partial charge in [0.2, 0.25) is 0 Å². The van der Waals surface area contributed by atoms with E-state index >= 15 is 0 Å². The van der Waals surface area contributed by atoms with Gasteiger partial charge in [0, 0.05) is 6.07 Å². The van der Waals surface area contributed by atoms with Gasteiger partial charge in [0.15, 0.2) is 11.5 Å². The van der Waals surface area contributed by atoms with Gasteiger partial charge in [-0.05, 0) is 0 Å². The average Bonchev–Trinajstić information content (AvgIpc) is 2.26. The predicted octanol–water partition coefficient (Wildman–Crippen LogP) is 1.48. The van der Waals surface area contributed by atoms with Gasteiger partial charge in [-0.2, -0.15) is 5.26 Å². The zero-order valence-electron chi connectivity index (χ0n) is 8.18. The van der Waals surface area contributed by atoms with Crippen LogP contribution in [0.3, 0.4) is 0 Å². The van der Waals surface area contributed by atoms with Crippen molar-refractivity contribution < 1.29 is 14.4 Å². The molecule has 0 radical (unpaired) electrons. The first kappa shape index (κ1) is 10.8. The van der Waals surface area contributed by atoms with E-state index in [0.29, 0.717) is 0 Å². The van der Waals surface area contributed by atoms with Crippen molar-refractivity contribution in [1.29, 1.82) is 5.26 Å². The molecule has 0 heterocycles. The molecule has 0 aliphatic rings. The van der Waals surface area contributed by atoms with Gasteiger partial charge in [0.1, 0.15) is 11.6 Å². The summed E-state index contributed by atoms with van der Waals surface area (Å²) in [5.41, 5.74) is -0.132. The molecule has 0 aliphatic carbocycles. The molecule has 6 heteroatoms. The standard InChI is InChI=1S/C9H8N2O4/c1-14-8-4-7(11(12)13)3-6(5-10)9(8)15-2/h3-4H,1-2H3. The van der Waals surface area contributed by atoms with Gasteiger partial charge in [-0.1, -0.05) is 0 Å². The summed E-state index contributed by atoms with van der Waals surface area (Å²) in [5.74, 6) is 0.369. The minimum atomic E-state index is -0.594. The highest BCUT2D eigenvalue weighted by Gasteiger charge is 2.17. The lowest BCUT2D eigenvalue weighted by Crippen LogP contribution is -1.96. The van der Waals surface area contributed by atoms with E-state index in [-0.39, 0.29) is 22.7 Å². The fraction of sp³-hybridized carbons (Fsp3) is 0.222. The van der Waals surface area contributed by atoms with E-state index < -0.39 is 4.92 Å². The van der Waals surface area contributed by atoms with Gasteiger partial charge < -0.3 is 9.47 Å². The number of nitriles is 1. The Kier molecular flexibility index (Phi) is 3.08. The number of hydrogen-bond donors (Lipinski definition) is 0. The first-order chi connectivity index (χ1) is 7.13. The summed E-state index contributed by atoms with van der Waals surface area (Å²) in [7, 11) is 2.72. The zero-order chi connectivity index (χ0) is 11.4. The van der Waals surface area contributed by atoms with Crippen molar-refractivity contribution >= 4 is 5.69 Å². The zero-order valence-corrected chi connectivity index (χ0v) is 8.18. The van der Waals surface area contributed by atoms with Crippen molar-refractivity contribution in [1.82, 2.24) is 0 Å². The maximum absolute atomic E-state index is 10.5. The Labute approximate surface area is 85.8 Å². The van der Waals surface area contributed by atoms with Crippen LogP contribution in [-0.2, 0) is 0 Å². The third-order valence-electron chi connectivity index (χ3n) is 1.79. The van der Waals surface area contributed by atoms with Gasteiger partial charge in [-0.15, -0.1) is 0 Å². The van der Waals surface area contributed by atoms with Gasteiger partial charge >= 0.3 is 0 Å². The molecule has 0 unspecified atom stereocenters. The average molecular weight is 208 g/mol. The Balaban J connectivity index is 3.44. The van der Waals surface area contributed by atoms with Crippen molar-refractivity contribution in [3.05, 3.63) is 27.8 Å². The monoisotopic (exact) mass is 208 g/mol. The predicted molar refractivity (Wildman–Crippen MR) is 50.9 cm³/mol. The van der Waals surface area contributed by atoms with Crippen LogP contribution in [0.15, 0.2) is 12.1 Å². The fourth-order valence-corrected chi connectivity index (χ4v) is 1.14. The van der Waals surface area contributed by atoms with Crippen LogP contribution in [0.4, 0.5) is 5.69 Å². The highest BCUT2D eigenvalue weighted by atomic mass is 16.6. The van der Waals surface area contributed by atoms with Gasteiger partial charge in [0.05, 0.1) is 25.2 Å². The summed E-state index contributed by atoms with van der Waals surface area (Å²) in [6.07, 6.45) is 0. The molecule has 78 valence electrons. The summed E-state index contributed by atoms with van der Waals surface area (Å²) < 4.78 is 9.81. The number of nitro groups is 1. The molecule has 1 rings (SSSR count). The van der Waals surface area contributed by atoms with Crippen LogP contribution >= 0.6 is 0 Å². The summed E-state index contributed by atoms with van der Waals surface area (Å²) in [6, 6.07) is 4.16. The topological polar surface area (TPSA) is 85.4 Å². The molecule has 1 aromatic carbocycles. The number of non-ortho nitro benzene ring substituents is 1. The van der Waals surface area contributed by atoms with Crippen molar-refractivity contribution in [2.45, 2.75) is 0 Å². The van der Waals surface area contributed by atoms with Crippen molar-refractivity contribution in [3.8, 4) is 17.6 Å². The maximum Gasteiger partial charge on any atom is 0.274 e. The summed E-state index contributed by atoms with van der Waals surface area (Å²) in [4.78, 5) is 9.94. The minimum absolute atomic E-state index is 0.0727. The van der Waals surface area contributed by atoms with Crippen LogP contribution < -0.4 is 9.47 Å². The second-order valence-corrected chi connectivity index (χ2v) is 2.60. The maximum atomic E-state index is 10.5. The second kappa shape index (κ2) is 4.28. The van der Waals surface area contributed by atoms with Crippen molar-refractivity contribution in [2.75, 3.05) is 14.2 Å². The molecule has 0 fully saturated rings. The highest BCUT2D eigenvalue weighted by molar-refractivity contribution is 5.58. The van der Waals surface area contributed by atoms with Crippen LogP contribution in [-0.4, -0.2) is 19.1 Å². The molecule has 0 aromatic heterocycles. The van der Waals surface area contributed by atoms with Crippen LogP contribution in [0.25, 0.3) is 0 Å². The second-order valence-electron chi connectivity index (χ2n) is 2.60. The molecule has 6 nitrogen and oxygen atoms in total. The molecule has 0 aliphatic heterocycles. The van der Waals surface area contributed by atoms with E-state index in [1.54, 1.807) is 0 Å². The highest BCUT2D eigenvalue weighted by Crippen LogP contribution is 2.34. The first-order valence-electron chi connectivity index (χ1n) is 3.94. The van der Waals surface area contributed by atoms with Gasteiger partial charge in [-0.25, -0.2) is 0 Å². The smallest absolute Gasteiger partial charge is 0.274 e. The van der Waals surface area contributed by atoms with E-state index in [4.69, 9.17) is 14.7 Å². The third kappa shape index (κ3) is 1.96. The summed E-state index contributed by atoms with van der Waals surface area (Å²) in [6.45, 7) is 0. The number of methoxy groups -OCH3 is 2. The lowest BCUT2D eigenvalue weighted by molar-refractivity contribution is -0.385. The first-order valence-corrected chi connectivity index (χ1v) is 3.94. The molecule has 0 spiro atoms. The molecule has 1 aromatic rings. The van der Waals surface area contributed by atoms with Crippen molar-refractivity contribution in [2.24, 2.45) is 0 Å². The number of nitro benzene ring substituents is 1. The number of nitrogens with zero attached hydrogens (tertiary/aromatic N) is 2. The number of ether oxygens (including phenoxy) is 2. The number of benzene rings is 1. The fourth-order valence-electron chi connectivity index (χ4n) is 1.14. The SMILES string of the molecule is COc1cc([N+](=O)[O-])cc(C#N)c1OC. The van der Waals surface area contributed by atoms with Crippen LogP contribution in [0.2, 0.25) is 0 Å². The molecular weight excluding hydrogens is 200 g/mol. The van der Waals surface area contributed by atoms with Crippen LogP contribution in [0, 0.1) is 21.4 Å². The Bertz CT molecular complexity index is 436. The van der Waals surface area contributed by atoms with Gasteiger partial charge in [-0.3, -0.25) is 10.1 Å². The minimum Gasteiger partial charge on any atom is -0.493 e. The largest absolute Gasteiger partial charge is 0.493 e. The van der Waals surface area contributed by atoms with E-state index in [1.807, 2.05) is 6.07 Å². The summed E-state index contributed by atoms with van der Waals surface area (Å²) >= 11 is 0. The lowest BCUT2D eigenvalue weighted by atomic mass is 10.2. The molecule has 0 bridgehead atoms. The third-order valence-corrected chi connectivity index (χ3v) is 1.79. The Morgan fingerprint density at radius 1 is 1.40 bits per heavy atom. The van der Waals surface area contributed by atoms with E-state index in [2.05, 4.69) is 0 Å². The summed E-state index contributed by atoms with van der Waals surface area (Å²) in [5, 5.41) is 19.3. The van der Waals surface area contributed by atoms with E-state index in [1.165, 1.54) is 20.3 Å². The lowest BCUT2D eigenvalue weighted by Gasteiger charge is -2.08. The quantitative estimate of drug-likeness (QED) is 0.554.